The first-order chi connectivity index (χ1) is 7.77. The molecule has 0 bridgehead atoms. The van der Waals surface area contributed by atoms with Crippen molar-refractivity contribution in [3.05, 3.63) is 28.4 Å². The highest BCUT2D eigenvalue weighted by atomic mass is 127. The predicted molar refractivity (Wildman–Crippen MR) is 74.1 cm³/mol. The second-order valence-electron chi connectivity index (χ2n) is 3.19. The Bertz CT molecular complexity index is 495. The third kappa shape index (κ3) is 2.21. The highest BCUT2D eigenvalue weighted by molar-refractivity contribution is 14.1. The van der Waals surface area contributed by atoms with E-state index in [2.05, 4.69) is 38.5 Å². The normalized spacial score (nSPS) is 10.9. The van der Waals surface area contributed by atoms with Crippen molar-refractivity contribution in [3.63, 3.8) is 0 Å². The average Bonchev–Trinajstić information content (AvgIpc) is 2.77. The molecule has 1 aromatic heterocycles. The Morgan fingerprint density at radius 2 is 2.31 bits per heavy atom. The Kier molecular flexibility index (Phi) is 4.10. The van der Waals surface area contributed by atoms with E-state index in [1.54, 1.807) is 13.4 Å². The SMILES string of the molecule is COCOc1c(CI)cc(Br)c2occc12. The van der Waals surface area contributed by atoms with E-state index < -0.39 is 0 Å². The van der Waals surface area contributed by atoms with E-state index in [1.807, 2.05) is 12.1 Å². The lowest BCUT2D eigenvalue weighted by atomic mass is 10.1. The van der Waals surface area contributed by atoms with Crippen molar-refractivity contribution in [2.75, 3.05) is 13.9 Å². The molecule has 0 radical (unpaired) electrons. The fourth-order valence-electron chi connectivity index (χ4n) is 1.52. The molecule has 0 unspecified atom stereocenters. The Hall–Kier alpha value is -0.270. The summed E-state index contributed by atoms with van der Waals surface area (Å²) in [7, 11) is 1.61. The van der Waals surface area contributed by atoms with Gasteiger partial charge in [-0.1, -0.05) is 22.6 Å². The summed E-state index contributed by atoms with van der Waals surface area (Å²) in [6.45, 7) is 0.242. The minimum atomic E-state index is 0.242. The van der Waals surface area contributed by atoms with Crippen LogP contribution in [0, 0.1) is 0 Å². The molecule has 16 heavy (non-hydrogen) atoms. The number of benzene rings is 1. The quantitative estimate of drug-likeness (QED) is 0.442. The molecule has 5 heteroatoms. The summed E-state index contributed by atoms with van der Waals surface area (Å²) in [6.07, 6.45) is 1.66. The van der Waals surface area contributed by atoms with Gasteiger partial charge in [0.05, 0.1) is 16.1 Å². The van der Waals surface area contributed by atoms with Gasteiger partial charge in [0.1, 0.15) is 5.75 Å². The molecule has 0 saturated heterocycles. The zero-order chi connectivity index (χ0) is 11.5. The van der Waals surface area contributed by atoms with Gasteiger partial charge in [-0.25, -0.2) is 0 Å². The summed E-state index contributed by atoms with van der Waals surface area (Å²) in [6, 6.07) is 3.92. The van der Waals surface area contributed by atoms with Gasteiger partial charge in [-0.2, -0.15) is 0 Å². The van der Waals surface area contributed by atoms with E-state index in [0.29, 0.717) is 0 Å². The van der Waals surface area contributed by atoms with E-state index >= 15 is 0 Å². The molecule has 0 aliphatic carbocycles. The fourth-order valence-corrected chi connectivity index (χ4v) is 2.67. The summed E-state index contributed by atoms with van der Waals surface area (Å²) in [4.78, 5) is 0. The highest BCUT2D eigenvalue weighted by Crippen LogP contribution is 2.37. The maximum Gasteiger partial charge on any atom is 0.188 e. The number of halogens is 2. The van der Waals surface area contributed by atoms with E-state index in [0.717, 1.165) is 31.2 Å². The molecule has 0 N–H and O–H groups in total. The molecular formula is C11H10BrIO3. The first kappa shape index (κ1) is 12.2. The monoisotopic (exact) mass is 396 g/mol. The minimum Gasteiger partial charge on any atom is -0.466 e. The van der Waals surface area contributed by atoms with E-state index in [-0.39, 0.29) is 6.79 Å². The van der Waals surface area contributed by atoms with Gasteiger partial charge in [0.15, 0.2) is 12.4 Å². The lowest BCUT2D eigenvalue weighted by Crippen LogP contribution is -2.01. The van der Waals surface area contributed by atoms with Crippen molar-refractivity contribution in [2.24, 2.45) is 0 Å². The number of ether oxygens (including phenoxy) is 2. The number of fused-ring (bicyclic) bond motifs is 1. The molecule has 0 aliphatic heterocycles. The maximum absolute atomic E-state index is 5.60. The van der Waals surface area contributed by atoms with Crippen molar-refractivity contribution in [3.8, 4) is 5.75 Å². The van der Waals surface area contributed by atoms with E-state index in [4.69, 9.17) is 13.9 Å². The molecule has 1 heterocycles. The molecule has 0 saturated carbocycles. The fraction of sp³-hybridized carbons (Fsp3) is 0.273. The molecule has 2 rings (SSSR count). The van der Waals surface area contributed by atoms with Crippen LogP contribution in [0.4, 0.5) is 0 Å². The first-order valence-corrected chi connectivity index (χ1v) is 6.96. The van der Waals surface area contributed by atoms with Crippen LogP contribution in [0.25, 0.3) is 11.0 Å². The summed E-state index contributed by atoms with van der Waals surface area (Å²) in [5.41, 5.74) is 1.93. The third-order valence-electron chi connectivity index (χ3n) is 2.18. The van der Waals surface area contributed by atoms with Crippen LogP contribution in [0.15, 0.2) is 27.3 Å². The topological polar surface area (TPSA) is 31.6 Å². The minimum absolute atomic E-state index is 0.242. The lowest BCUT2D eigenvalue weighted by Gasteiger charge is -2.10. The predicted octanol–water partition coefficient (Wildman–Crippen LogP) is 4.11. The molecule has 0 fully saturated rings. The number of methoxy groups -OCH3 is 1. The van der Waals surface area contributed by atoms with Crippen LogP contribution in [0.5, 0.6) is 5.75 Å². The second-order valence-corrected chi connectivity index (χ2v) is 4.81. The van der Waals surface area contributed by atoms with Crippen LogP contribution < -0.4 is 4.74 Å². The van der Waals surface area contributed by atoms with Crippen molar-refractivity contribution < 1.29 is 13.9 Å². The van der Waals surface area contributed by atoms with Gasteiger partial charge in [-0.15, -0.1) is 0 Å². The molecule has 1 aromatic carbocycles. The van der Waals surface area contributed by atoms with Crippen LogP contribution in [-0.2, 0) is 9.16 Å². The molecule has 0 spiro atoms. The largest absolute Gasteiger partial charge is 0.466 e. The second kappa shape index (κ2) is 5.37. The number of alkyl halides is 1. The van der Waals surface area contributed by atoms with Crippen LogP contribution >= 0.6 is 38.5 Å². The highest BCUT2D eigenvalue weighted by Gasteiger charge is 2.13. The van der Waals surface area contributed by atoms with Gasteiger partial charge >= 0.3 is 0 Å². The summed E-state index contributed by atoms with van der Waals surface area (Å²) in [5, 5.41) is 0.970. The average molecular weight is 397 g/mol. The first-order valence-electron chi connectivity index (χ1n) is 4.64. The van der Waals surface area contributed by atoms with Crippen molar-refractivity contribution in [1.82, 2.24) is 0 Å². The molecule has 0 atom stereocenters. The van der Waals surface area contributed by atoms with Gasteiger partial charge in [-0.3, -0.25) is 0 Å². The number of furan rings is 1. The number of hydrogen-bond donors (Lipinski definition) is 0. The van der Waals surface area contributed by atoms with Gasteiger partial charge in [0.2, 0.25) is 0 Å². The number of rotatable bonds is 4. The Balaban J connectivity index is 2.57. The van der Waals surface area contributed by atoms with E-state index in [1.165, 1.54) is 0 Å². The third-order valence-corrected chi connectivity index (χ3v) is 3.60. The van der Waals surface area contributed by atoms with Crippen molar-refractivity contribution in [2.45, 2.75) is 4.43 Å². The Morgan fingerprint density at radius 3 is 3.00 bits per heavy atom. The van der Waals surface area contributed by atoms with Gasteiger partial charge in [-0.05, 0) is 28.1 Å². The molecule has 86 valence electrons. The maximum atomic E-state index is 5.60. The Morgan fingerprint density at radius 1 is 1.50 bits per heavy atom. The number of hydrogen-bond acceptors (Lipinski definition) is 3. The van der Waals surface area contributed by atoms with Crippen LogP contribution in [0.1, 0.15) is 5.56 Å². The zero-order valence-corrected chi connectivity index (χ0v) is 12.4. The van der Waals surface area contributed by atoms with Crippen LogP contribution in [-0.4, -0.2) is 13.9 Å². The molecule has 3 nitrogen and oxygen atoms in total. The molecular weight excluding hydrogens is 387 g/mol. The smallest absolute Gasteiger partial charge is 0.188 e. The van der Waals surface area contributed by atoms with Gasteiger partial charge < -0.3 is 13.9 Å². The van der Waals surface area contributed by atoms with Crippen molar-refractivity contribution in [1.29, 1.82) is 0 Å². The summed E-state index contributed by atoms with van der Waals surface area (Å²) < 4.78 is 17.7. The standard InChI is InChI=1S/C11H10BrIO3/c1-14-6-16-10-7(5-13)4-9(12)11-8(10)2-3-15-11/h2-4H,5-6H2,1H3. The molecule has 0 amide bonds. The lowest BCUT2D eigenvalue weighted by molar-refractivity contribution is 0.0517. The van der Waals surface area contributed by atoms with E-state index in [9.17, 15) is 0 Å². The van der Waals surface area contributed by atoms with Crippen molar-refractivity contribution >= 4 is 49.5 Å². The van der Waals surface area contributed by atoms with Crippen LogP contribution in [0.3, 0.4) is 0 Å². The summed E-state index contributed by atoms with van der Waals surface area (Å²) >= 11 is 5.79. The Labute approximate surface area is 115 Å². The zero-order valence-electron chi connectivity index (χ0n) is 8.63. The van der Waals surface area contributed by atoms with Crippen LogP contribution in [0.2, 0.25) is 0 Å². The summed E-state index contributed by atoms with van der Waals surface area (Å²) in [5.74, 6) is 0.836. The molecule has 2 aromatic rings. The molecule has 0 aliphatic rings. The van der Waals surface area contributed by atoms with Gasteiger partial charge in [0.25, 0.3) is 0 Å². The van der Waals surface area contributed by atoms with Gasteiger partial charge in [0, 0.05) is 17.1 Å².